The largest absolute Gasteiger partial charge is 0.434 e. The van der Waals surface area contributed by atoms with Crippen LogP contribution in [0.3, 0.4) is 0 Å². The molecular formula is C23H25F3N6O4S3. The summed E-state index contributed by atoms with van der Waals surface area (Å²) in [5.74, 6) is -0.549. The number of nitrogens with zero attached hydrogens (tertiary/aromatic N) is 4. The Kier molecular flexibility index (Phi) is 7.93. The van der Waals surface area contributed by atoms with Crippen LogP contribution in [-0.4, -0.2) is 67.3 Å². The first kappa shape index (κ1) is 28.8. The number of amides is 1. The minimum absolute atomic E-state index is 0.138. The zero-order valence-electron chi connectivity index (χ0n) is 20.8. The average molecular weight is 603 g/mol. The van der Waals surface area contributed by atoms with E-state index in [1.807, 2.05) is 0 Å². The smallest absolute Gasteiger partial charge is 0.345 e. The fraction of sp³-hybridized carbons (Fsp3) is 0.304. The van der Waals surface area contributed by atoms with Crippen molar-refractivity contribution in [2.45, 2.75) is 11.1 Å². The van der Waals surface area contributed by atoms with E-state index in [0.717, 1.165) is 27.3 Å². The van der Waals surface area contributed by atoms with Gasteiger partial charge in [0, 0.05) is 44.3 Å². The standard InChI is InChI=1S/C23H25F3N6O4S3/c1-30(38(2,34)35)19-6-4-3-5-18(19)21(33)28-16-7-9-17(10-8-16)39(27,36)32-13-11-31(12-14-32)22-29-20(15-37-22)23(24,25)26/h3-10,15,27H,11-14H2,1-2H3,(H,28,33). The van der Waals surface area contributed by atoms with Gasteiger partial charge >= 0.3 is 6.18 Å². The minimum Gasteiger partial charge on any atom is -0.345 e. The number of hydrogen-bond donors (Lipinski definition) is 2. The number of thiazole rings is 1. The lowest BCUT2D eigenvalue weighted by molar-refractivity contribution is -0.140. The fourth-order valence-corrected chi connectivity index (χ4v) is 6.75. The summed E-state index contributed by atoms with van der Waals surface area (Å²) in [5.41, 5.74) is -0.258. The molecule has 1 aromatic heterocycles. The number of halogens is 3. The monoisotopic (exact) mass is 602 g/mol. The van der Waals surface area contributed by atoms with Crippen molar-refractivity contribution >= 4 is 53.7 Å². The van der Waals surface area contributed by atoms with Crippen LogP contribution in [0.4, 0.5) is 29.7 Å². The van der Waals surface area contributed by atoms with Gasteiger partial charge in [-0.2, -0.15) is 13.2 Å². The molecule has 0 aliphatic carbocycles. The van der Waals surface area contributed by atoms with Crippen molar-refractivity contribution in [3.05, 3.63) is 65.2 Å². The zero-order valence-corrected chi connectivity index (χ0v) is 23.3. The Hall–Kier alpha value is -3.21. The molecule has 16 heteroatoms. The summed E-state index contributed by atoms with van der Waals surface area (Å²) >= 11 is 0.887. The number of alkyl halides is 3. The Morgan fingerprint density at radius 1 is 1.05 bits per heavy atom. The highest BCUT2D eigenvalue weighted by molar-refractivity contribution is 7.92. The van der Waals surface area contributed by atoms with Crippen molar-refractivity contribution in [3.8, 4) is 0 Å². The Morgan fingerprint density at radius 3 is 2.23 bits per heavy atom. The van der Waals surface area contributed by atoms with E-state index in [0.29, 0.717) is 5.69 Å². The van der Waals surface area contributed by atoms with Gasteiger partial charge in [-0.3, -0.25) is 9.10 Å². The molecule has 2 aromatic carbocycles. The third-order valence-corrected chi connectivity index (χ3v) is 10.2. The van der Waals surface area contributed by atoms with E-state index >= 15 is 0 Å². The highest BCUT2D eigenvalue weighted by atomic mass is 32.2. The maximum absolute atomic E-state index is 13.4. The first-order valence-corrected chi connectivity index (χ1v) is 15.7. The molecule has 1 unspecified atom stereocenters. The lowest BCUT2D eigenvalue weighted by Crippen LogP contribution is -2.48. The maximum Gasteiger partial charge on any atom is 0.434 e. The number of carbonyl (C=O) groups excluding carboxylic acids is 1. The maximum atomic E-state index is 13.4. The molecule has 0 spiro atoms. The number of benzene rings is 2. The van der Waals surface area contributed by atoms with Gasteiger partial charge in [0.1, 0.15) is 9.92 Å². The van der Waals surface area contributed by atoms with Crippen molar-refractivity contribution in [2.75, 3.05) is 54.0 Å². The topological polar surface area (TPSA) is 127 Å². The van der Waals surface area contributed by atoms with Gasteiger partial charge in [-0.15, -0.1) is 11.3 Å². The van der Waals surface area contributed by atoms with Gasteiger partial charge in [-0.1, -0.05) is 12.1 Å². The van der Waals surface area contributed by atoms with E-state index in [1.54, 1.807) is 17.0 Å². The second-order valence-corrected chi connectivity index (χ2v) is 13.6. The van der Waals surface area contributed by atoms with Gasteiger partial charge in [-0.05, 0) is 36.4 Å². The molecule has 1 fully saturated rings. The second kappa shape index (κ2) is 10.7. The molecule has 1 saturated heterocycles. The molecule has 3 aromatic rings. The van der Waals surface area contributed by atoms with Crippen LogP contribution >= 0.6 is 11.3 Å². The number of rotatable bonds is 7. The quantitative estimate of drug-likeness (QED) is 0.422. The van der Waals surface area contributed by atoms with Gasteiger partial charge in [0.05, 0.1) is 22.4 Å². The molecule has 4 rings (SSSR count). The van der Waals surface area contributed by atoms with Crippen molar-refractivity contribution in [2.24, 2.45) is 0 Å². The number of carbonyl (C=O) groups is 1. The van der Waals surface area contributed by atoms with E-state index < -0.39 is 37.7 Å². The molecule has 0 bridgehead atoms. The van der Waals surface area contributed by atoms with E-state index in [-0.39, 0.29) is 47.5 Å². The van der Waals surface area contributed by atoms with Gasteiger partial charge in [0.25, 0.3) is 5.91 Å². The summed E-state index contributed by atoms with van der Waals surface area (Å²) in [6.45, 7) is 0.894. The van der Waals surface area contributed by atoms with Crippen LogP contribution in [0.15, 0.2) is 58.8 Å². The van der Waals surface area contributed by atoms with Gasteiger partial charge < -0.3 is 10.2 Å². The number of anilines is 3. The minimum atomic E-state index is -4.52. The number of sulfonamides is 1. The lowest BCUT2D eigenvalue weighted by atomic mass is 10.1. The van der Waals surface area contributed by atoms with Crippen molar-refractivity contribution in [1.82, 2.24) is 9.29 Å². The predicted octanol–water partition coefficient (Wildman–Crippen LogP) is 3.95. The molecule has 39 heavy (non-hydrogen) atoms. The van der Waals surface area contributed by atoms with Crippen LogP contribution in [-0.2, 0) is 26.1 Å². The van der Waals surface area contributed by atoms with Gasteiger partial charge in [0.15, 0.2) is 10.8 Å². The third kappa shape index (κ3) is 6.34. The van der Waals surface area contributed by atoms with Crippen LogP contribution in [0.5, 0.6) is 0 Å². The molecule has 2 N–H and O–H groups in total. The summed E-state index contributed by atoms with van der Waals surface area (Å²) in [7, 11) is -5.65. The Bertz CT molecular complexity index is 1570. The first-order valence-electron chi connectivity index (χ1n) is 11.4. The molecule has 0 saturated carbocycles. The summed E-state index contributed by atoms with van der Waals surface area (Å²) in [6.07, 6.45) is -3.49. The summed E-state index contributed by atoms with van der Waals surface area (Å²) in [5, 5.41) is 3.86. The lowest BCUT2D eigenvalue weighted by Gasteiger charge is -2.35. The number of hydrogen-bond acceptors (Lipinski definition) is 8. The molecular weight excluding hydrogens is 577 g/mol. The normalized spacial score (nSPS) is 16.5. The number of aromatic nitrogens is 1. The van der Waals surface area contributed by atoms with E-state index in [9.17, 15) is 30.6 Å². The molecule has 2 heterocycles. The number of piperazine rings is 1. The van der Waals surface area contributed by atoms with Crippen LogP contribution < -0.4 is 14.5 Å². The Labute approximate surface area is 228 Å². The summed E-state index contributed by atoms with van der Waals surface area (Å²) < 4.78 is 86.8. The molecule has 210 valence electrons. The average Bonchev–Trinajstić information content (AvgIpc) is 3.39. The van der Waals surface area contributed by atoms with Crippen molar-refractivity contribution in [3.63, 3.8) is 0 Å². The van der Waals surface area contributed by atoms with E-state index in [2.05, 4.69) is 10.3 Å². The molecule has 10 nitrogen and oxygen atoms in total. The summed E-state index contributed by atoms with van der Waals surface area (Å²) in [6, 6.07) is 12.1. The third-order valence-electron chi connectivity index (χ3n) is 6.07. The molecule has 1 aliphatic rings. The van der Waals surface area contributed by atoms with Crippen LogP contribution in [0.1, 0.15) is 16.1 Å². The van der Waals surface area contributed by atoms with E-state index in [1.165, 1.54) is 47.8 Å². The van der Waals surface area contributed by atoms with Crippen LogP contribution in [0.25, 0.3) is 0 Å². The van der Waals surface area contributed by atoms with Crippen LogP contribution in [0, 0.1) is 4.78 Å². The molecule has 1 aliphatic heterocycles. The fourth-order valence-electron chi connectivity index (χ4n) is 3.87. The number of para-hydroxylation sites is 1. The highest BCUT2D eigenvalue weighted by Crippen LogP contribution is 2.33. The molecule has 1 amide bonds. The zero-order chi connectivity index (χ0) is 28.6. The second-order valence-electron chi connectivity index (χ2n) is 8.68. The number of nitrogens with one attached hydrogen (secondary N) is 2. The van der Waals surface area contributed by atoms with Crippen molar-refractivity contribution in [1.29, 1.82) is 4.78 Å². The Balaban J connectivity index is 1.42. The molecule has 1 atom stereocenters. The SMILES string of the molecule is CN(c1ccccc1C(=O)Nc1ccc(S(=N)(=O)N2CCN(c3nc(C(F)(F)F)cs3)CC2)cc1)S(C)(=O)=O. The molecule has 0 radical (unpaired) electrons. The van der Waals surface area contributed by atoms with Gasteiger partial charge in [-0.25, -0.2) is 26.7 Å². The van der Waals surface area contributed by atoms with Gasteiger partial charge in [0.2, 0.25) is 10.0 Å². The van der Waals surface area contributed by atoms with Crippen molar-refractivity contribution < 1.29 is 30.6 Å². The summed E-state index contributed by atoms with van der Waals surface area (Å²) in [4.78, 5) is 18.4. The van der Waals surface area contributed by atoms with Crippen LogP contribution in [0.2, 0.25) is 0 Å². The predicted molar refractivity (Wildman–Crippen MR) is 144 cm³/mol. The Morgan fingerprint density at radius 2 is 1.67 bits per heavy atom. The first-order chi connectivity index (χ1) is 18.2. The van der Waals surface area contributed by atoms with E-state index in [4.69, 9.17) is 4.78 Å². The highest BCUT2D eigenvalue weighted by Gasteiger charge is 2.35.